The van der Waals surface area contributed by atoms with Gasteiger partial charge in [-0.05, 0) is 73.8 Å². The Labute approximate surface area is 218 Å². The zero-order valence-electron chi connectivity index (χ0n) is 18.2. The van der Waals surface area contributed by atoms with Crippen LogP contribution in [0, 0.1) is 0 Å². The fourth-order valence-corrected chi connectivity index (χ4v) is 4.50. The lowest BCUT2D eigenvalue weighted by Crippen LogP contribution is -2.13. The van der Waals surface area contributed by atoms with Crippen LogP contribution >= 0.6 is 31.9 Å². The number of nitrogens with zero attached hydrogens (tertiary/aromatic N) is 3. The lowest BCUT2D eigenvalue weighted by Gasteiger charge is -2.13. The van der Waals surface area contributed by atoms with Gasteiger partial charge >= 0.3 is 0 Å². The second-order valence-corrected chi connectivity index (χ2v) is 9.47. The molecular formula is C26H19Br2N5O2. The first-order valence-corrected chi connectivity index (χ1v) is 12.3. The second-order valence-electron chi connectivity index (χ2n) is 7.76. The van der Waals surface area contributed by atoms with Crippen LogP contribution in [0.4, 0.5) is 11.5 Å². The molecule has 1 amide bonds. The lowest BCUT2D eigenvalue weighted by atomic mass is 10.1. The Bertz CT molecular complexity index is 1550. The molecule has 0 radical (unpaired) electrons. The maximum Gasteiger partial charge on any atom is 0.256 e. The SMILES string of the molecule is O=C(Nc1cccc(CNc2cc(-c3ccccc3O)nc3c(Br)cnn23)c1)c1ccccc1Br. The van der Waals surface area contributed by atoms with E-state index in [9.17, 15) is 9.90 Å². The van der Waals surface area contributed by atoms with Crippen LogP contribution in [0.3, 0.4) is 0 Å². The Hall–Kier alpha value is -3.69. The Balaban J connectivity index is 1.39. The van der Waals surface area contributed by atoms with Crippen molar-refractivity contribution in [1.82, 2.24) is 14.6 Å². The number of hydrogen-bond donors (Lipinski definition) is 3. The van der Waals surface area contributed by atoms with Gasteiger partial charge in [-0.15, -0.1) is 0 Å². The van der Waals surface area contributed by atoms with Gasteiger partial charge in [0.05, 0.1) is 21.9 Å². The van der Waals surface area contributed by atoms with E-state index < -0.39 is 0 Å². The van der Waals surface area contributed by atoms with Gasteiger partial charge in [0.1, 0.15) is 11.6 Å². The molecule has 5 rings (SSSR count). The minimum atomic E-state index is -0.188. The summed E-state index contributed by atoms with van der Waals surface area (Å²) in [5, 5.41) is 21.1. The normalized spacial score (nSPS) is 10.9. The number of halogens is 2. The molecule has 0 aliphatic carbocycles. The van der Waals surface area contributed by atoms with Crippen molar-refractivity contribution >= 4 is 54.9 Å². The Morgan fingerprint density at radius 2 is 1.74 bits per heavy atom. The first-order valence-electron chi connectivity index (χ1n) is 10.7. The minimum absolute atomic E-state index is 0.152. The van der Waals surface area contributed by atoms with Crippen molar-refractivity contribution < 1.29 is 9.90 Å². The summed E-state index contributed by atoms with van der Waals surface area (Å²) in [5.41, 5.74) is 4.10. The molecule has 9 heteroatoms. The molecule has 0 saturated carbocycles. The quantitative estimate of drug-likeness (QED) is 0.210. The first kappa shape index (κ1) is 23.1. The van der Waals surface area contributed by atoms with Crippen LogP contribution in [-0.2, 0) is 6.54 Å². The van der Waals surface area contributed by atoms with Crippen LogP contribution in [0.1, 0.15) is 15.9 Å². The van der Waals surface area contributed by atoms with Crippen LogP contribution in [0.5, 0.6) is 5.75 Å². The van der Waals surface area contributed by atoms with E-state index in [2.05, 4.69) is 52.6 Å². The van der Waals surface area contributed by atoms with Gasteiger partial charge in [-0.3, -0.25) is 4.79 Å². The van der Waals surface area contributed by atoms with Crippen molar-refractivity contribution in [1.29, 1.82) is 0 Å². The van der Waals surface area contributed by atoms with Crippen LogP contribution in [-0.4, -0.2) is 25.6 Å². The summed E-state index contributed by atoms with van der Waals surface area (Å²) in [6.07, 6.45) is 1.68. The maximum atomic E-state index is 12.7. The topological polar surface area (TPSA) is 91.5 Å². The first-order chi connectivity index (χ1) is 17.0. The molecule has 0 fully saturated rings. The maximum absolute atomic E-state index is 12.7. The van der Waals surface area contributed by atoms with E-state index in [4.69, 9.17) is 0 Å². The van der Waals surface area contributed by atoms with Crippen molar-refractivity contribution in [3.05, 3.63) is 105 Å². The molecule has 0 aliphatic heterocycles. The number of phenols is 1. The summed E-state index contributed by atoms with van der Waals surface area (Å²) in [4.78, 5) is 17.3. The summed E-state index contributed by atoms with van der Waals surface area (Å²) >= 11 is 6.92. The van der Waals surface area contributed by atoms with Crippen molar-refractivity contribution in [2.45, 2.75) is 6.54 Å². The van der Waals surface area contributed by atoms with Crippen molar-refractivity contribution in [3.63, 3.8) is 0 Å². The molecule has 0 saturated heterocycles. The summed E-state index contributed by atoms with van der Waals surface area (Å²) in [7, 11) is 0. The summed E-state index contributed by atoms with van der Waals surface area (Å²) in [6, 6.07) is 23.9. The molecular weight excluding hydrogens is 574 g/mol. The molecule has 0 unspecified atom stereocenters. The smallest absolute Gasteiger partial charge is 0.256 e. The van der Waals surface area contributed by atoms with E-state index in [0.29, 0.717) is 40.5 Å². The van der Waals surface area contributed by atoms with Gasteiger partial charge in [0, 0.05) is 28.3 Å². The number of anilines is 2. The number of fused-ring (bicyclic) bond motifs is 1. The van der Waals surface area contributed by atoms with Crippen molar-refractivity contribution in [3.8, 4) is 17.0 Å². The Morgan fingerprint density at radius 3 is 2.57 bits per heavy atom. The van der Waals surface area contributed by atoms with Crippen molar-refractivity contribution in [2.24, 2.45) is 0 Å². The molecule has 0 bridgehead atoms. The van der Waals surface area contributed by atoms with Gasteiger partial charge < -0.3 is 15.7 Å². The standard InChI is InChI=1S/C26H19Br2N5O2/c27-20-10-3-1-8-18(20)26(35)31-17-7-5-6-16(12-17)14-29-24-13-22(19-9-2-4-11-23(19)34)32-25-21(28)15-30-33(24)25/h1-13,15,29,34H,14H2,(H,31,35). The fraction of sp³-hybridized carbons (Fsp3) is 0.0385. The van der Waals surface area contributed by atoms with Gasteiger partial charge in [0.15, 0.2) is 5.65 Å². The number of para-hydroxylation sites is 1. The second kappa shape index (κ2) is 9.89. The summed E-state index contributed by atoms with van der Waals surface area (Å²) < 4.78 is 3.18. The highest BCUT2D eigenvalue weighted by atomic mass is 79.9. The molecule has 5 aromatic rings. The Kier molecular flexibility index (Phi) is 6.52. The third kappa shape index (κ3) is 4.91. The molecule has 174 valence electrons. The average Bonchev–Trinajstić information content (AvgIpc) is 3.24. The molecule has 2 heterocycles. The predicted octanol–water partition coefficient (Wildman–Crippen LogP) is 6.49. The van der Waals surface area contributed by atoms with Gasteiger partial charge in [0.25, 0.3) is 5.91 Å². The number of benzene rings is 3. The van der Waals surface area contributed by atoms with E-state index >= 15 is 0 Å². The number of rotatable bonds is 6. The average molecular weight is 593 g/mol. The number of amides is 1. The number of aromatic nitrogens is 3. The molecule has 0 atom stereocenters. The third-order valence-corrected chi connectivity index (χ3v) is 6.64. The number of aromatic hydroxyl groups is 1. The Morgan fingerprint density at radius 1 is 0.943 bits per heavy atom. The molecule has 3 N–H and O–H groups in total. The molecule has 35 heavy (non-hydrogen) atoms. The predicted molar refractivity (Wildman–Crippen MR) is 144 cm³/mol. The molecule has 2 aromatic heterocycles. The van der Waals surface area contributed by atoms with Crippen LogP contribution in [0.25, 0.3) is 16.9 Å². The van der Waals surface area contributed by atoms with E-state index in [1.54, 1.807) is 28.9 Å². The van der Waals surface area contributed by atoms with Crippen LogP contribution in [0.2, 0.25) is 0 Å². The zero-order valence-corrected chi connectivity index (χ0v) is 21.4. The highest BCUT2D eigenvalue weighted by Crippen LogP contribution is 2.31. The molecule has 7 nitrogen and oxygen atoms in total. The third-order valence-electron chi connectivity index (χ3n) is 5.39. The van der Waals surface area contributed by atoms with E-state index in [1.165, 1.54) is 0 Å². The van der Waals surface area contributed by atoms with Crippen LogP contribution < -0.4 is 10.6 Å². The monoisotopic (exact) mass is 591 g/mol. The number of nitrogens with one attached hydrogen (secondary N) is 2. The van der Waals surface area contributed by atoms with E-state index in [0.717, 1.165) is 14.5 Å². The summed E-state index contributed by atoms with van der Waals surface area (Å²) in [6.45, 7) is 0.482. The summed E-state index contributed by atoms with van der Waals surface area (Å²) in [5.74, 6) is 0.674. The largest absolute Gasteiger partial charge is 0.507 e. The van der Waals surface area contributed by atoms with Gasteiger partial charge in [-0.1, -0.05) is 36.4 Å². The highest BCUT2D eigenvalue weighted by molar-refractivity contribution is 9.11. The fourth-order valence-electron chi connectivity index (χ4n) is 3.69. The highest BCUT2D eigenvalue weighted by Gasteiger charge is 2.14. The number of phenolic OH excluding ortho intramolecular Hbond substituents is 1. The van der Waals surface area contributed by atoms with Gasteiger partial charge in [0.2, 0.25) is 0 Å². The van der Waals surface area contributed by atoms with E-state index in [1.807, 2.05) is 60.7 Å². The van der Waals surface area contributed by atoms with E-state index in [-0.39, 0.29) is 11.7 Å². The van der Waals surface area contributed by atoms with Gasteiger partial charge in [-0.25, -0.2) is 4.98 Å². The zero-order chi connectivity index (χ0) is 24.4. The van der Waals surface area contributed by atoms with Crippen LogP contribution in [0.15, 0.2) is 94.0 Å². The number of hydrogen-bond acceptors (Lipinski definition) is 5. The number of carbonyl (C=O) groups excluding carboxylic acids is 1. The molecule has 0 aliphatic rings. The lowest BCUT2D eigenvalue weighted by molar-refractivity contribution is 0.102. The van der Waals surface area contributed by atoms with Gasteiger partial charge in [-0.2, -0.15) is 9.61 Å². The minimum Gasteiger partial charge on any atom is -0.507 e. The number of carbonyl (C=O) groups is 1. The molecule has 0 spiro atoms. The molecule has 3 aromatic carbocycles. The van der Waals surface area contributed by atoms with Crippen molar-refractivity contribution in [2.75, 3.05) is 10.6 Å².